The Balaban J connectivity index is 2.33. The molecular formula is C14H12BrF4NS. The largest absolute Gasteiger partial charge is 0.419 e. The molecule has 0 radical (unpaired) electrons. The number of alkyl halides is 3. The maximum atomic E-state index is 13.3. The van der Waals surface area contributed by atoms with Crippen LogP contribution in [0.3, 0.4) is 0 Å². The summed E-state index contributed by atoms with van der Waals surface area (Å²) in [5.41, 5.74) is -0.822. The van der Waals surface area contributed by atoms with Crippen molar-refractivity contribution < 1.29 is 17.6 Å². The molecule has 1 atom stereocenters. The number of benzene rings is 1. The summed E-state index contributed by atoms with van der Waals surface area (Å²) < 4.78 is 52.6. The van der Waals surface area contributed by atoms with Crippen LogP contribution in [0, 0.1) is 5.82 Å². The number of halogens is 5. The second-order valence-corrected chi connectivity index (χ2v) is 6.33. The first-order valence-corrected chi connectivity index (χ1v) is 7.76. The minimum absolute atomic E-state index is 0.318. The van der Waals surface area contributed by atoms with Crippen molar-refractivity contribution in [3.05, 3.63) is 55.9 Å². The van der Waals surface area contributed by atoms with Crippen molar-refractivity contribution >= 4 is 27.3 Å². The Labute approximate surface area is 132 Å². The van der Waals surface area contributed by atoms with Gasteiger partial charge in [0.1, 0.15) is 5.82 Å². The number of hydrogen-bond acceptors (Lipinski definition) is 2. The van der Waals surface area contributed by atoms with Crippen LogP contribution >= 0.6 is 27.3 Å². The van der Waals surface area contributed by atoms with E-state index in [9.17, 15) is 17.6 Å². The second-order valence-electron chi connectivity index (χ2n) is 4.47. The van der Waals surface area contributed by atoms with E-state index in [1.54, 1.807) is 7.05 Å². The molecule has 0 aliphatic carbocycles. The van der Waals surface area contributed by atoms with E-state index >= 15 is 0 Å². The molecule has 0 bridgehead atoms. The maximum Gasteiger partial charge on any atom is 0.419 e. The summed E-state index contributed by atoms with van der Waals surface area (Å²) in [7, 11) is 1.67. The van der Waals surface area contributed by atoms with Crippen LogP contribution in [0.15, 0.2) is 34.1 Å². The minimum Gasteiger partial charge on any atom is -0.313 e. The smallest absolute Gasteiger partial charge is 0.313 e. The van der Waals surface area contributed by atoms with Crippen LogP contribution in [-0.2, 0) is 12.6 Å². The topological polar surface area (TPSA) is 12.0 Å². The summed E-state index contributed by atoms with van der Waals surface area (Å²) in [5, 5.41) is 4.88. The van der Waals surface area contributed by atoms with Crippen molar-refractivity contribution in [1.29, 1.82) is 0 Å². The number of rotatable bonds is 4. The van der Waals surface area contributed by atoms with Crippen LogP contribution in [0.1, 0.15) is 22.0 Å². The van der Waals surface area contributed by atoms with Crippen LogP contribution in [-0.4, -0.2) is 7.05 Å². The van der Waals surface area contributed by atoms with Crippen molar-refractivity contribution in [2.45, 2.75) is 18.6 Å². The van der Waals surface area contributed by atoms with Gasteiger partial charge >= 0.3 is 6.18 Å². The molecule has 1 nitrogen and oxygen atoms in total. The third kappa shape index (κ3) is 3.84. The molecule has 0 saturated carbocycles. The lowest BCUT2D eigenvalue weighted by atomic mass is 10.00. The Hall–Kier alpha value is -0.920. The number of nitrogens with one attached hydrogen (secondary N) is 1. The van der Waals surface area contributed by atoms with Crippen molar-refractivity contribution in [3.8, 4) is 0 Å². The van der Waals surface area contributed by atoms with Gasteiger partial charge < -0.3 is 5.32 Å². The standard InChI is InChI=1S/C14H12BrF4NS/c1-20-12(7-13-10(15)4-5-21-13)8-2-3-11(16)9(6-8)14(17,18)19/h2-6,12,20H,7H2,1H3. The Morgan fingerprint density at radius 2 is 2.00 bits per heavy atom. The highest BCUT2D eigenvalue weighted by Gasteiger charge is 2.34. The predicted octanol–water partition coefficient (Wildman–Crippen LogP) is 5.17. The fourth-order valence-corrected chi connectivity index (χ4v) is 3.58. The molecule has 1 unspecified atom stereocenters. The number of hydrogen-bond donors (Lipinski definition) is 1. The van der Waals surface area contributed by atoms with Crippen LogP contribution < -0.4 is 5.32 Å². The molecule has 0 saturated heterocycles. The van der Waals surface area contributed by atoms with Crippen LogP contribution in [0.4, 0.5) is 17.6 Å². The Morgan fingerprint density at radius 1 is 1.29 bits per heavy atom. The molecule has 1 heterocycles. The van der Waals surface area contributed by atoms with Gasteiger partial charge in [-0.15, -0.1) is 11.3 Å². The lowest BCUT2D eigenvalue weighted by Gasteiger charge is -2.18. The van der Waals surface area contributed by atoms with E-state index in [1.807, 2.05) is 11.4 Å². The first-order chi connectivity index (χ1) is 9.82. The van der Waals surface area contributed by atoms with Gasteiger partial charge in [-0.1, -0.05) is 6.07 Å². The monoisotopic (exact) mass is 381 g/mol. The highest BCUT2D eigenvalue weighted by atomic mass is 79.9. The molecule has 0 spiro atoms. The van der Waals surface area contributed by atoms with Crippen LogP contribution in [0.2, 0.25) is 0 Å². The molecule has 0 aliphatic heterocycles. The molecule has 1 N–H and O–H groups in total. The zero-order valence-electron chi connectivity index (χ0n) is 11.0. The average molecular weight is 382 g/mol. The second kappa shape index (κ2) is 6.46. The lowest BCUT2D eigenvalue weighted by Crippen LogP contribution is -2.20. The third-order valence-corrected chi connectivity index (χ3v) is 5.08. The van der Waals surface area contributed by atoms with E-state index in [4.69, 9.17) is 0 Å². The zero-order chi connectivity index (χ0) is 15.6. The molecule has 114 valence electrons. The van der Waals surface area contributed by atoms with E-state index in [0.29, 0.717) is 12.0 Å². The van der Waals surface area contributed by atoms with Gasteiger partial charge in [-0.05, 0) is 52.1 Å². The quantitative estimate of drug-likeness (QED) is 0.720. The summed E-state index contributed by atoms with van der Waals surface area (Å²) in [4.78, 5) is 1.02. The van der Waals surface area contributed by atoms with E-state index in [-0.39, 0.29) is 6.04 Å². The molecular weight excluding hydrogens is 370 g/mol. The van der Waals surface area contributed by atoms with E-state index in [0.717, 1.165) is 21.5 Å². The van der Waals surface area contributed by atoms with Gasteiger partial charge in [0.25, 0.3) is 0 Å². The first-order valence-electron chi connectivity index (χ1n) is 6.08. The molecule has 1 aromatic heterocycles. The first kappa shape index (κ1) is 16.5. The highest BCUT2D eigenvalue weighted by Crippen LogP contribution is 2.34. The minimum atomic E-state index is -4.69. The van der Waals surface area contributed by atoms with Crippen molar-refractivity contribution in [2.75, 3.05) is 7.05 Å². The summed E-state index contributed by atoms with van der Waals surface area (Å²) in [6.07, 6.45) is -4.17. The summed E-state index contributed by atoms with van der Waals surface area (Å²) in [5.74, 6) is -1.25. The molecule has 7 heteroatoms. The Kier molecular flexibility index (Phi) is 5.06. The number of likely N-dealkylation sites (N-methyl/N-ethyl adjacent to an activating group) is 1. The van der Waals surface area contributed by atoms with Crippen molar-refractivity contribution in [2.24, 2.45) is 0 Å². The molecule has 2 rings (SSSR count). The van der Waals surface area contributed by atoms with E-state index < -0.39 is 17.6 Å². The van der Waals surface area contributed by atoms with Gasteiger partial charge in [0.2, 0.25) is 0 Å². The van der Waals surface area contributed by atoms with Gasteiger partial charge in [0, 0.05) is 21.8 Å². The Morgan fingerprint density at radius 3 is 2.52 bits per heavy atom. The van der Waals surface area contributed by atoms with Gasteiger partial charge in [0.05, 0.1) is 5.56 Å². The van der Waals surface area contributed by atoms with Crippen LogP contribution in [0.5, 0.6) is 0 Å². The Bertz CT molecular complexity index is 624. The molecule has 21 heavy (non-hydrogen) atoms. The molecule has 0 fully saturated rings. The van der Waals surface area contributed by atoms with Crippen molar-refractivity contribution in [3.63, 3.8) is 0 Å². The van der Waals surface area contributed by atoms with Crippen LogP contribution in [0.25, 0.3) is 0 Å². The normalized spacial score (nSPS) is 13.4. The van der Waals surface area contributed by atoms with Gasteiger partial charge in [-0.2, -0.15) is 13.2 Å². The molecule has 0 aliphatic rings. The summed E-state index contributed by atoms with van der Waals surface area (Å²) in [6, 6.07) is 4.69. The molecule has 1 aromatic carbocycles. The van der Waals surface area contributed by atoms with Gasteiger partial charge in [-0.3, -0.25) is 0 Å². The van der Waals surface area contributed by atoms with Gasteiger partial charge in [-0.25, -0.2) is 4.39 Å². The van der Waals surface area contributed by atoms with Crippen molar-refractivity contribution in [1.82, 2.24) is 5.32 Å². The molecule has 2 aromatic rings. The summed E-state index contributed by atoms with van der Waals surface area (Å²) in [6.45, 7) is 0. The average Bonchev–Trinajstić information content (AvgIpc) is 2.81. The fourth-order valence-electron chi connectivity index (χ4n) is 2.02. The van der Waals surface area contributed by atoms with Gasteiger partial charge in [0.15, 0.2) is 0 Å². The number of thiophene rings is 1. The maximum absolute atomic E-state index is 13.3. The zero-order valence-corrected chi connectivity index (χ0v) is 13.4. The third-order valence-electron chi connectivity index (χ3n) is 3.13. The SMILES string of the molecule is CNC(Cc1sccc1Br)c1ccc(F)c(C(F)(F)F)c1. The fraction of sp³-hybridized carbons (Fsp3) is 0.286. The van der Waals surface area contributed by atoms with E-state index in [1.165, 1.54) is 17.4 Å². The molecule has 0 amide bonds. The summed E-state index contributed by atoms with van der Waals surface area (Å²) >= 11 is 4.91. The van der Waals surface area contributed by atoms with E-state index in [2.05, 4.69) is 21.2 Å². The predicted molar refractivity (Wildman–Crippen MR) is 78.9 cm³/mol. The highest BCUT2D eigenvalue weighted by molar-refractivity contribution is 9.10. The lowest BCUT2D eigenvalue weighted by molar-refractivity contribution is -0.140.